The lowest BCUT2D eigenvalue weighted by Crippen LogP contribution is -2.35. The summed E-state index contributed by atoms with van der Waals surface area (Å²) in [5.41, 5.74) is 6.48. The number of nitrogens with one attached hydrogen (secondary N) is 2. The minimum atomic E-state index is -4.51. The fourth-order valence-corrected chi connectivity index (χ4v) is 3.92. The number of aromatic nitrogens is 1. The molecule has 1 atom stereocenters. The number of carbonyl (C=O) groups excluding carboxylic acids is 1. The molecule has 4 rings (SSSR count). The number of fused-ring (bicyclic) bond motifs is 1. The van der Waals surface area contributed by atoms with E-state index in [4.69, 9.17) is 5.73 Å². The Balaban J connectivity index is 1.76. The van der Waals surface area contributed by atoms with Crippen LogP contribution in [-0.4, -0.2) is 23.5 Å². The molecule has 1 amide bonds. The molecule has 0 bridgehead atoms. The van der Waals surface area contributed by atoms with Crippen molar-refractivity contribution in [3.05, 3.63) is 42.0 Å². The number of nitrogen functional groups attached to an aromatic ring is 1. The van der Waals surface area contributed by atoms with Crippen LogP contribution in [-0.2, 0) is 11.0 Å². The second-order valence-corrected chi connectivity index (χ2v) is 7.60. The molecule has 0 aliphatic carbocycles. The zero-order chi connectivity index (χ0) is 19.9. The lowest BCUT2D eigenvalue weighted by Gasteiger charge is -2.17. The van der Waals surface area contributed by atoms with E-state index in [1.54, 1.807) is 12.1 Å². The molecule has 28 heavy (non-hydrogen) atoms. The van der Waals surface area contributed by atoms with E-state index in [-0.39, 0.29) is 11.6 Å². The van der Waals surface area contributed by atoms with Gasteiger partial charge in [0.2, 0.25) is 5.91 Å². The number of amides is 1. The summed E-state index contributed by atoms with van der Waals surface area (Å²) in [4.78, 5) is 16.7. The maximum atomic E-state index is 13.2. The molecule has 1 saturated heterocycles. The fourth-order valence-electron chi connectivity index (χ4n) is 3.22. The molecule has 4 N–H and O–H groups in total. The molecule has 1 aromatic heterocycles. The van der Waals surface area contributed by atoms with Crippen LogP contribution >= 0.6 is 11.3 Å². The van der Waals surface area contributed by atoms with Crippen LogP contribution < -0.4 is 16.4 Å². The predicted molar refractivity (Wildman–Crippen MR) is 103 cm³/mol. The Kier molecular flexibility index (Phi) is 4.72. The van der Waals surface area contributed by atoms with Gasteiger partial charge in [-0.3, -0.25) is 4.79 Å². The van der Waals surface area contributed by atoms with Crippen molar-refractivity contribution in [3.8, 4) is 11.1 Å². The van der Waals surface area contributed by atoms with Gasteiger partial charge >= 0.3 is 6.18 Å². The SMILES string of the molecule is Nc1nc2[c]c(-c3ccc(C(F)(F)F)cc3NC(=O)[C@@H]3CCCN3)ccc2s1. The lowest BCUT2D eigenvalue weighted by molar-refractivity contribution is -0.137. The highest BCUT2D eigenvalue weighted by Crippen LogP contribution is 2.37. The second-order valence-electron chi connectivity index (χ2n) is 6.53. The van der Waals surface area contributed by atoms with E-state index in [0.29, 0.717) is 34.7 Å². The summed E-state index contributed by atoms with van der Waals surface area (Å²) >= 11 is 1.30. The van der Waals surface area contributed by atoms with Crippen LogP contribution in [0.1, 0.15) is 18.4 Å². The van der Waals surface area contributed by atoms with E-state index in [2.05, 4.69) is 21.7 Å². The molecule has 3 aromatic rings. The third-order valence-electron chi connectivity index (χ3n) is 4.60. The van der Waals surface area contributed by atoms with Crippen molar-refractivity contribution in [2.75, 3.05) is 17.6 Å². The van der Waals surface area contributed by atoms with Crippen molar-refractivity contribution in [2.24, 2.45) is 0 Å². The molecular formula is C19H16F3N4OS. The zero-order valence-corrected chi connectivity index (χ0v) is 15.4. The van der Waals surface area contributed by atoms with Crippen molar-refractivity contribution in [1.29, 1.82) is 0 Å². The summed E-state index contributed by atoms with van der Waals surface area (Å²) in [5.74, 6) is -0.350. The van der Waals surface area contributed by atoms with Gasteiger partial charge in [-0.25, -0.2) is 4.98 Å². The topological polar surface area (TPSA) is 80.0 Å². The summed E-state index contributed by atoms with van der Waals surface area (Å²) in [7, 11) is 0. The zero-order valence-electron chi connectivity index (χ0n) is 14.6. The van der Waals surface area contributed by atoms with Gasteiger partial charge in [0.15, 0.2) is 5.13 Å². The average molecular weight is 405 g/mol. The quantitative estimate of drug-likeness (QED) is 0.614. The molecule has 5 nitrogen and oxygen atoms in total. The van der Waals surface area contributed by atoms with Crippen molar-refractivity contribution >= 4 is 38.3 Å². The molecule has 0 unspecified atom stereocenters. The van der Waals surface area contributed by atoms with Crippen LogP contribution in [0.4, 0.5) is 24.0 Å². The molecule has 145 valence electrons. The first-order valence-corrected chi connectivity index (χ1v) is 9.47. The van der Waals surface area contributed by atoms with E-state index < -0.39 is 17.8 Å². The van der Waals surface area contributed by atoms with E-state index in [1.807, 2.05) is 0 Å². The first kappa shape index (κ1) is 18.7. The number of thiazole rings is 1. The number of benzene rings is 2. The first-order chi connectivity index (χ1) is 13.3. The minimum absolute atomic E-state index is 0.0901. The van der Waals surface area contributed by atoms with Gasteiger partial charge in [0.1, 0.15) is 0 Å². The maximum Gasteiger partial charge on any atom is 0.416 e. The van der Waals surface area contributed by atoms with Gasteiger partial charge in [-0.05, 0) is 43.1 Å². The molecule has 1 radical (unpaired) electrons. The third-order valence-corrected chi connectivity index (χ3v) is 5.45. The second kappa shape index (κ2) is 7.06. The van der Waals surface area contributed by atoms with Crippen LogP contribution in [0.2, 0.25) is 0 Å². The van der Waals surface area contributed by atoms with Gasteiger partial charge in [-0.2, -0.15) is 13.2 Å². The highest BCUT2D eigenvalue weighted by Gasteiger charge is 2.32. The normalized spacial score (nSPS) is 17.2. The number of alkyl halides is 3. The Morgan fingerprint density at radius 2 is 2.14 bits per heavy atom. The van der Waals surface area contributed by atoms with Gasteiger partial charge in [-0.15, -0.1) is 0 Å². The fraction of sp³-hybridized carbons (Fsp3) is 0.263. The molecule has 2 aromatic carbocycles. The summed E-state index contributed by atoms with van der Waals surface area (Å²) < 4.78 is 40.4. The largest absolute Gasteiger partial charge is 0.416 e. The Morgan fingerprint density at radius 1 is 1.32 bits per heavy atom. The van der Waals surface area contributed by atoms with Gasteiger partial charge < -0.3 is 16.4 Å². The number of rotatable bonds is 3. The van der Waals surface area contributed by atoms with Crippen LogP contribution in [0.5, 0.6) is 0 Å². The van der Waals surface area contributed by atoms with Gasteiger partial charge in [0, 0.05) is 17.3 Å². The number of hydrogen-bond donors (Lipinski definition) is 3. The van der Waals surface area contributed by atoms with Crippen LogP contribution in [0.25, 0.3) is 21.3 Å². The minimum Gasteiger partial charge on any atom is -0.375 e. The van der Waals surface area contributed by atoms with E-state index in [1.165, 1.54) is 17.4 Å². The number of nitrogens with zero attached hydrogens (tertiary/aromatic N) is 1. The number of nitrogens with two attached hydrogens (primary N) is 1. The van der Waals surface area contributed by atoms with Crippen molar-refractivity contribution in [3.63, 3.8) is 0 Å². The molecule has 0 saturated carbocycles. The highest BCUT2D eigenvalue weighted by atomic mass is 32.1. The Bertz CT molecular complexity index is 1040. The van der Waals surface area contributed by atoms with Crippen LogP contribution in [0.15, 0.2) is 30.3 Å². The Morgan fingerprint density at radius 3 is 2.86 bits per heavy atom. The molecule has 1 aliphatic heterocycles. The number of anilines is 2. The summed E-state index contributed by atoms with van der Waals surface area (Å²) in [5, 5.41) is 6.08. The van der Waals surface area contributed by atoms with Crippen molar-refractivity contribution in [1.82, 2.24) is 10.3 Å². The first-order valence-electron chi connectivity index (χ1n) is 8.65. The molecule has 9 heteroatoms. The van der Waals surface area contributed by atoms with Crippen LogP contribution in [0.3, 0.4) is 0 Å². The number of hydrogen-bond acceptors (Lipinski definition) is 5. The van der Waals surface area contributed by atoms with E-state index >= 15 is 0 Å². The van der Waals surface area contributed by atoms with Crippen molar-refractivity contribution in [2.45, 2.75) is 25.1 Å². The molecule has 0 spiro atoms. The Labute approximate surface area is 162 Å². The van der Waals surface area contributed by atoms with Gasteiger partial charge in [0.25, 0.3) is 0 Å². The number of carbonyl (C=O) groups is 1. The maximum absolute atomic E-state index is 13.2. The predicted octanol–water partition coefficient (Wildman–Crippen LogP) is 4.05. The molecule has 2 heterocycles. The third kappa shape index (κ3) is 3.67. The molecule has 1 aliphatic rings. The number of halogens is 3. The van der Waals surface area contributed by atoms with Gasteiger partial charge in [0.05, 0.1) is 21.8 Å². The van der Waals surface area contributed by atoms with Gasteiger partial charge in [-0.1, -0.05) is 23.5 Å². The monoisotopic (exact) mass is 405 g/mol. The standard InChI is InChI=1S/C19H16F3N4OS/c20-19(21,22)11-4-5-12(10-3-6-16-15(8-10)26-18(23)28-16)14(9-11)25-17(27)13-2-1-7-24-13/h3-6,9,13,24H,1-2,7H2,(H2,23,26)(H,25,27)/t13-/m0/s1. The van der Waals surface area contributed by atoms with E-state index in [0.717, 1.165) is 23.3 Å². The molecule has 1 fully saturated rings. The molecular weight excluding hydrogens is 389 g/mol. The highest BCUT2D eigenvalue weighted by molar-refractivity contribution is 7.22. The summed E-state index contributed by atoms with van der Waals surface area (Å²) in [6.45, 7) is 0.712. The summed E-state index contributed by atoms with van der Waals surface area (Å²) in [6, 6.07) is 9.47. The van der Waals surface area contributed by atoms with Crippen LogP contribution in [0, 0.1) is 6.07 Å². The van der Waals surface area contributed by atoms with Crippen molar-refractivity contribution < 1.29 is 18.0 Å². The lowest BCUT2D eigenvalue weighted by atomic mass is 10.0. The average Bonchev–Trinajstić information content (AvgIpc) is 3.29. The van der Waals surface area contributed by atoms with E-state index in [9.17, 15) is 18.0 Å². The Hall–Kier alpha value is -2.65. The summed E-state index contributed by atoms with van der Waals surface area (Å²) in [6.07, 6.45) is -3.01. The smallest absolute Gasteiger partial charge is 0.375 e.